The maximum atomic E-state index is 14.5. The largest absolute Gasteiger partial charge is 0.476 e. The van der Waals surface area contributed by atoms with Crippen LogP contribution in [0.1, 0.15) is 44.1 Å². The molecule has 13 heteroatoms. The van der Waals surface area contributed by atoms with E-state index in [1.165, 1.54) is 16.9 Å². The number of ether oxygens (including phenoxy) is 3. The number of hydrogen-bond acceptors (Lipinski definition) is 8. The summed E-state index contributed by atoms with van der Waals surface area (Å²) in [4.78, 5) is 30.0. The highest BCUT2D eigenvalue weighted by atomic mass is 32.1. The Morgan fingerprint density at radius 3 is 2.53 bits per heavy atom. The molecule has 4 rings (SSSR count). The predicted molar refractivity (Wildman–Crippen MR) is 138 cm³/mol. The van der Waals surface area contributed by atoms with Gasteiger partial charge in [0.05, 0.1) is 18.4 Å². The molecule has 0 unspecified atom stereocenters. The number of halogens is 2. The van der Waals surface area contributed by atoms with Gasteiger partial charge in [-0.3, -0.25) is 10.1 Å². The SMILES string of the molecule is Cn1ncc(NC(=O)c2nc(-c3c(F)cccc3F)sc2NC(=O)OC(C)(C)C)c1OCC1CCOCC1. The van der Waals surface area contributed by atoms with Gasteiger partial charge in [-0.2, -0.15) is 5.10 Å². The van der Waals surface area contributed by atoms with Crippen LogP contribution >= 0.6 is 11.3 Å². The minimum Gasteiger partial charge on any atom is -0.476 e. The number of hydrogen-bond donors (Lipinski definition) is 2. The first-order valence-electron chi connectivity index (χ1n) is 12.0. The van der Waals surface area contributed by atoms with Crippen molar-refractivity contribution in [3.05, 3.63) is 41.7 Å². The van der Waals surface area contributed by atoms with Gasteiger partial charge >= 0.3 is 6.09 Å². The van der Waals surface area contributed by atoms with E-state index in [0.29, 0.717) is 31.6 Å². The Kier molecular flexibility index (Phi) is 8.26. The Morgan fingerprint density at radius 1 is 1.18 bits per heavy atom. The molecule has 0 atom stereocenters. The minimum atomic E-state index is -0.856. The Labute approximate surface area is 222 Å². The smallest absolute Gasteiger partial charge is 0.412 e. The molecule has 0 saturated carbocycles. The zero-order chi connectivity index (χ0) is 27.4. The van der Waals surface area contributed by atoms with Crippen LogP contribution in [0.5, 0.6) is 5.88 Å². The van der Waals surface area contributed by atoms with Gasteiger partial charge in [-0.05, 0) is 51.7 Å². The highest BCUT2D eigenvalue weighted by molar-refractivity contribution is 7.19. The van der Waals surface area contributed by atoms with Gasteiger partial charge in [-0.1, -0.05) is 17.4 Å². The predicted octanol–water partition coefficient (Wildman–Crippen LogP) is 5.23. The summed E-state index contributed by atoms with van der Waals surface area (Å²) < 4.78 is 47.1. The first kappa shape index (κ1) is 27.5. The first-order chi connectivity index (χ1) is 18.0. The molecule has 0 aliphatic carbocycles. The van der Waals surface area contributed by atoms with Crippen LogP contribution in [-0.4, -0.2) is 52.2 Å². The number of anilines is 2. The van der Waals surface area contributed by atoms with Crippen molar-refractivity contribution >= 4 is 34.0 Å². The quantitative estimate of drug-likeness (QED) is 0.415. The fraction of sp³-hybridized carbons (Fsp3) is 0.440. The molecule has 0 radical (unpaired) electrons. The van der Waals surface area contributed by atoms with Gasteiger partial charge < -0.3 is 19.5 Å². The fourth-order valence-electron chi connectivity index (χ4n) is 3.74. The molecule has 0 spiro atoms. The second kappa shape index (κ2) is 11.4. The number of aromatic nitrogens is 3. The zero-order valence-corrected chi connectivity index (χ0v) is 22.3. The number of carbonyl (C=O) groups excluding carboxylic acids is 2. The van der Waals surface area contributed by atoms with Crippen LogP contribution < -0.4 is 15.4 Å². The van der Waals surface area contributed by atoms with E-state index in [1.807, 2.05) is 0 Å². The molecular formula is C25H29F2N5O5S. The molecule has 3 aromatic rings. The third-order valence-corrected chi connectivity index (χ3v) is 6.55. The highest BCUT2D eigenvalue weighted by Crippen LogP contribution is 2.36. The third-order valence-electron chi connectivity index (χ3n) is 5.56. The Hall–Kier alpha value is -3.58. The maximum Gasteiger partial charge on any atom is 0.412 e. The molecule has 38 heavy (non-hydrogen) atoms. The molecule has 2 amide bonds. The maximum absolute atomic E-state index is 14.5. The standard InChI is InChI=1S/C25H29F2N5O5S/c1-25(2,3)37-24(34)31-22-19(30-21(38-22)18-15(26)6-5-7-16(18)27)20(33)29-17-12-28-32(4)23(17)36-13-14-8-10-35-11-9-14/h5-7,12,14H,8-11,13H2,1-4H3,(H,29,33)(H,31,34). The molecule has 3 heterocycles. The first-order valence-corrected chi connectivity index (χ1v) is 12.8. The summed E-state index contributed by atoms with van der Waals surface area (Å²) in [7, 11) is 1.67. The van der Waals surface area contributed by atoms with Crippen molar-refractivity contribution in [2.24, 2.45) is 13.0 Å². The summed E-state index contributed by atoms with van der Waals surface area (Å²) in [5, 5.41) is 9.15. The fourth-order valence-corrected chi connectivity index (χ4v) is 4.74. The number of rotatable bonds is 7. The van der Waals surface area contributed by atoms with E-state index in [9.17, 15) is 18.4 Å². The number of aryl methyl sites for hydroxylation is 1. The van der Waals surface area contributed by atoms with Crippen molar-refractivity contribution in [1.82, 2.24) is 14.8 Å². The van der Waals surface area contributed by atoms with Crippen molar-refractivity contribution in [1.29, 1.82) is 0 Å². The lowest BCUT2D eigenvalue weighted by atomic mass is 10.0. The van der Waals surface area contributed by atoms with Gasteiger partial charge in [0.25, 0.3) is 5.91 Å². The van der Waals surface area contributed by atoms with Crippen molar-refractivity contribution in [2.45, 2.75) is 39.2 Å². The minimum absolute atomic E-state index is 0.0389. The lowest BCUT2D eigenvalue weighted by Crippen LogP contribution is -2.27. The molecule has 204 valence electrons. The van der Waals surface area contributed by atoms with Crippen LogP contribution in [0.3, 0.4) is 0 Å². The molecule has 2 aromatic heterocycles. The number of carbonyl (C=O) groups is 2. The number of nitrogens with one attached hydrogen (secondary N) is 2. The number of amides is 2. The normalized spacial score (nSPS) is 14.3. The lowest BCUT2D eigenvalue weighted by Gasteiger charge is -2.22. The lowest BCUT2D eigenvalue weighted by molar-refractivity contribution is 0.0485. The van der Waals surface area contributed by atoms with Crippen molar-refractivity contribution < 1.29 is 32.6 Å². The van der Waals surface area contributed by atoms with Crippen LogP contribution in [0.25, 0.3) is 10.6 Å². The van der Waals surface area contributed by atoms with E-state index < -0.39 is 34.8 Å². The van der Waals surface area contributed by atoms with E-state index in [2.05, 4.69) is 20.7 Å². The van der Waals surface area contributed by atoms with E-state index in [-0.39, 0.29) is 21.4 Å². The summed E-state index contributed by atoms with van der Waals surface area (Å²) in [5.41, 5.74) is -1.20. The average Bonchev–Trinajstić information content (AvgIpc) is 3.40. The van der Waals surface area contributed by atoms with E-state index in [1.54, 1.807) is 27.8 Å². The molecular weight excluding hydrogens is 520 g/mol. The van der Waals surface area contributed by atoms with Gasteiger partial charge in [0.15, 0.2) is 5.69 Å². The molecule has 1 fully saturated rings. The molecule has 10 nitrogen and oxygen atoms in total. The van der Waals surface area contributed by atoms with Crippen LogP contribution in [0.2, 0.25) is 0 Å². The molecule has 1 aromatic carbocycles. The van der Waals surface area contributed by atoms with Gasteiger partial charge in [0, 0.05) is 20.3 Å². The Balaban J connectivity index is 1.60. The summed E-state index contributed by atoms with van der Waals surface area (Å²) in [6, 6.07) is 3.38. The molecule has 2 N–H and O–H groups in total. The van der Waals surface area contributed by atoms with Crippen molar-refractivity contribution in [3.8, 4) is 16.5 Å². The van der Waals surface area contributed by atoms with E-state index in [4.69, 9.17) is 14.2 Å². The van der Waals surface area contributed by atoms with Crippen LogP contribution in [0.15, 0.2) is 24.4 Å². The van der Waals surface area contributed by atoms with Crippen molar-refractivity contribution in [2.75, 3.05) is 30.5 Å². The molecule has 1 aliphatic rings. The van der Waals surface area contributed by atoms with E-state index in [0.717, 1.165) is 36.3 Å². The summed E-state index contributed by atoms with van der Waals surface area (Å²) in [6.45, 7) is 6.80. The van der Waals surface area contributed by atoms with Crippen molar-refractivity contribution in [3.63, 3.8) is 0 Å². The second-order valence-corrected chi connectivity index (χ2v) is 10.7. The monoisotopic (exact) mass is 549 g/mol. The van der Waals surface area contributed by atoms with Gasteiger partial charge in [0.1, 0.15) is 32.9 Å². The molecule has 0 bridgehead atoms. The van der Waals surface area contributed by atoms with E-state index >= 15 is 0 Å². The van der Waals surface area contributed by atoms with Gasteiger partial charge in [-0.15, -0.1) is 0 Å². The topological polar surface area (TPSA) is 117 Å². The second-order valence-electron chi connectivity index (χ2n) is 9.73. The van der Waals surface area contributed by atoms with Crippen LogP contribution in [0.4, 0.5) is 24.3 Å². The number of benzene rings is 1. The summed E-state index contributed by atoms with van der Waals surface area (Å²) in [5.74, 6) is -1.80. The summed E-state index contributed by atoms with van der Waals surface area (Å²) in [6.07, 6.45) is 2.31. The Morgan fingerprint density at radius 2 is 1.87 bits per heavy atom. The third kappa shape index (κ3) is 6.64. The number of thiazole rings is 1. The average molecular weight is 550 g/mol. The Bertz CT molecular complexity index is 1290. The van der Waals surface area contributed by atoms with Crippen LogP contribution in [-0.2, 0) is 16.5 Å². The highest BCUT2D eigenvalue weighted by Gasteiger charge is 2.27. The molecule has 1 aliphatic heterocycles. The molecule has 1 saturated heterocycles. The number of nitrogens with zero attached hydrogens (tertiary/aromatic N) is 3. The summed E-state index contributed by atoms with van der Waals surface area (Å²) >= 11 is 0.745. The zero-order valence-electron chi connectivity index (χ0n) is 21.5. The van der Waals surface area contributed by atoms with Gasteiger partial charge in [0.2, 0.25) is 5.88 Å². The van der Waals surface area contributed by atoms with Gasteiger partial charge in [-0.25, -0.2) is 23.2 Å². The van der Waals surface area contributed by atoms with Crippen LogP contribution in [0, 0.1) is 17.6 Å².